The number of carbonyl (C=O) groups is 1. The van der Waals surface area contributed by atoms with Crippen molar-refractivity contribution in [3.63, 3.8) is 0 Å². The summed E-state index contributed by atoms with van der Waals surface area (Å²) in [7, 11) is 0. The van der Waals surface area contributed by atoms with Gasteiger partial charge in [-0.15, -0.1) is 0 Å². The summed E-state index contributed by atoms with van der Waals surface area (Å²) in [4.78, 5) is 11.2. The molecule has 3 heteroatoms. The Morgan fingerprint density at radius 2 is 1.47 bits per heavy atom. The first-order chi connectivity index (χ1) is 14.6. The van der Waals surface area contributed by atoms with Gasteiger partial charge in [-0.1, -0.05) is 104 Å². The third-order valence-corrected chi connectivity index (χ3v) is 6.83. The molecule has 1 aliphatic rings. The zero-order valence-electron chi connectivity index (χ0n) is 19.6. The van der Waals surface area contributed by atoms with Crippen LogP contribution in [-0.2, 0) is 6.42 Å². The van der Waals surface area contributed by atoms with Crippen LogP contribution >= 0.6 is 0 Å². The van der Waals surface area contributed by atoms with E-state index in [9.17, 15) is 4.79 Å². The summed E-state index contributed by atoms with van der Waals surface area (Å²) < 4.78 is 0. The molecule has 0 radical (unpaired) electrons. The number of benzene rings is 1. The smallest absolute Gasteiger partial charge is 0.335 e. The van der Waals surface area contributed by atoms with Gasteiger partial charge in [0.25, 0.3) is 0 Å². The molecule has 0 spiro atoms. The summed E-state index contributed by atoms with van der Waals surface area (Å²) in [5, 5.41) is 12.8. The molecule has 0 bridgehead atoms. The van der Waals surface area contributed by atoms with Gasteiger partial charge in [-0.2, -0.15) is 0 Å². The van der Waals surface area contributed by atoms with E-state index in [0.717, 1.165) is 17.7 Å². The minimum atomic E-state index is -0.836. The summed E-state index contributed by atoms with van der Waals surface area (Å²) in [5.41, 5.74) is 2.68. The van der Waals surface area contributed by atoms with E-state index in [1.54, 1.807) is 6.07 Å². The van der Waals surface area contributed by atoms with Crippen LogP contribution in [0.3, 0.4) is 0 Å². The molecular weight excluding hydrogens is 370 g/mol. The van der Waals surface area contributed by atoms with E-state index in [1.807, 2.05) is 12.1 Å². The standard InChI is InChI=1S/C27H45NO2/c1-3-4-5-6-7-8-9-10-11-12-13-14-15-16-17-22(2)26-21-24-20-23(27(29)30)18-19-25(24)28-26/h18-20,22,26,28H,3-17,21H2,1-2H3,(H,29,30)/t22?,26-/m0/s1. The fourth-order valence-electron chi connectivity index (χ4n) is 4.73. The van der Waals surface area contributed by atoms with Crippen LogP contribution in [0, 0.1) is 5.92 Å². The first kappa shape index (κ1) is 24.8. The van der Waals surface area contributed by atoms with Gasteiger partial charge in [0.1, 0.15) is 0 Å². The van der Waals surface area contributed by atoms with Crippen LogP contribution in [0.15, 0.2) is 18.2 Å². The van der Waals surface area contributed by atoms with E-state index in [-0.39, 0.29) is 0 Å². The number of hydrogen-bond acceptors (Lipinski definition) is 2. The molecule has 0 amide bonds. The second-order valence-corrected chi connectivity index (χ2v) is 9.49. The molecule has 170 valence electrons. The van der Waals surface area contributed by atoms with Crippen molar-refractivity contribution in [2.45, 2.75) is 123 Å². The Kier molecular flexibility index (Phi) is 12.0. The second kappa shape index (κ2) is 14.5. The quantitative estimate of drug-likeness (QED) is 0.252. The van der Waals surface area contributed by atoms with Crippen molar-refractivity contribution in [3.8, 4) is 0 Å². The lowest BCUT2D eigenvalue weighted by Crippen LogP contribution is -2.24. The molecule has 0 aromatic heterocycles. The van der Waals surface area contributed by atoms with Gasteiger partial charge < -0.3 is 10.4 Å². The fraction of sp³-hybridized carbons (Fsp3) is 0.741. The Morgan fingerprint density at radius 1 is 0.933 bits per heavy atom. The number of nitrogens with one attached hydrogen (secondary N) is 1. The normalized spacial score (nSPS) is 16.3. The van der Waals surface area contributed by atoms with Gasteiger partial charge in [-0.25, -0.2) is 4.79 Å². The summed E-state index contributed by atoms with van der Waals surface area (Å²) in [5.74, 6) is -0.209. The van der Waals surface area contributed by atoms with Crippen molar-refractivity contribution in [2.75, 3.05) is 5.32 Å². The molecule has 0 saturated heterocycles. The number of carboxylic acids is 1. The Balaban J connectivity index is 1.44. The van der Waals surface area contributed by atoms with Crippen LogP contribution in [0.5, 0.6) is 0 Å². The highest BCUT2D eigenvalue weighted by atomic mass is 16.4. The van der Waals surface area contributed by atoms with Crippen molar-refractivity contribution in [3.05, 3.63) is 29.3 Å². The van der Waals surface area contributed by atoms with Crippen LogP contribution < -0.4 is 5.32 Å². The fourth-order valence-corrected chi connectivity index (χ4v) is 4.73. The van der Waals surface area contributed by atoms with Crippen molar-refractivity contribution in [1.82, 2.24) is 0 Å². The van der Waals surface area contributed by atoms with Crippen molar-refractivity contribution < 1.29 is 9.90 Å². The first-order valence-corrected chi connectivity index (χ1v) is 12.7. The predicted molar refractivity (Wildman–Crippen MR) is 129 cm³/mol. The Bertz CT molecular complexity index is 613. The molecule has 2 atom stereocenters. The maximum absolute atomic E-state index is 11.2. The Hall–Kier alpha value is -1.51. The second-order valence-electron chi connectivity index (χ2n) is 9.49. The highest BCUT2D eigenvalue weighted by molar-refractivity contribution is 5.88. The van der Waals surface area contributed by atoms with Crippen molar-refractivity contribution in [2.24, 2.45) is 5.92 Å². The number of carboxylic acid groups (broad SMARTS) is 1. The highest BCUT2D eigenvalue weighted by Gasteiger charge is 2.25. The zero-order valence-corrected chi connectivity index (χ0v) is 19.6. The highest BCUT2D eigenvalue weighted by Crippen LogP contribution is 2.31. The third-order valence-electron chi connectivity index (χ3n) is 6.83. The van der Waals surface area contributed by atoms with E-state index in [4.69, 9.17) is 5.11 Å². The van der Waals surface area contributed by atoms with Gasteiger partial charge in [0, 0.05) is 11.7 Å². The van der Waals surface area contributed by atoms with E-state index in [0.29, 0.717) is 17.5 Å². The van der Waals surface area contributed by atoms with Crippen LogP contribution in [0.2, 0.25) is 0 Å². The number of rotatable bonds is 17. The van der Waals surface area contributed by atoms with E-state index in [1.165, 1.54) is 96.3 Å². The van der Waals surface area contributed by atoms with Gasteiger partial charge in [-0.05, 0) is 42.5 Å². The van der Waals surface area contributed by atoms with Crippen LogP contribution in [0.1, 0.15) is 126 Å². The average Bonchev–Trinajstić information content (AvgIpc) is 3.17. The summed E-state index contributed by atoms with van der Waals surface area (Å²) in [6, 6.07) is 5.92. The molecule has 1 aliphatic heterocycles. The van der Waals surface area contributed by atoms with E-state index < -0.39 is 5.97 Å². The maximum atomic E-state index is 11.2. The number of aromatic carboxylic acids is 1. The number of fused-ring (bicyclic) bond motifs is 1. The minimum Gasteiger partial charge on any atom is -0.478 e. The molecular formula is C27H45NO2. The third kappa shape index (κ3) is 9.10. The SMILES string of the molecule is CCCCCCCCCCCCCCCCC(C)[C@@H]1Cc2cc(C(=O)O)ccc2N1. The Morgan fingerprint density at radius 3 is 2.00 bits per heavy atom. The molecule has 30 heavy (non-hydrogen) atoms. The molecule has 1 aromatic rings. The number of hydrogen-bond donors (Lipinski definition) is 2. The van der Waals surface area contributed by atoms with E-state index >= 15 is 0 Å². The van der Waals surface area contributed by atoms with E-state index in [2.05, 4.69) is 19.2 Å². The molecule has 1 unspecified atom stereocenters. The van der Waals surface area contributed by atoms with Crippen LogP contribution in [-0.4, -0.2) is 17.1 Å². The Labute approximate surface area is 185 Å². The molecule has 0 saturated carbocycles. The molecule has 1 aromatic carbocycles. The molecule has 0 fully saturated rings. The minimum absolute atomic E-state index is 0.399. The van der Waals surface area contributed by atoms with Gasteiger partial charge >= 0.3 is 5.97 Å². The monoisotopic (exact) mass is 415 g/mol. The molecule has 2 N–H and O–H groups in total. The molecule has 1 heterocycles. The molecule has 2 rings (SSSR count). The average molecular weight is 416 g/mol. The maximum Gasteiger partial charge on any atom is 0.335 e. The molecule has 3 nitrogen and oxygen atoms in total. The lowest BCUT2D eigenvalue weighted by atomic mass is 9.92. The summed E-state index contributed by atoms with van der Waals surface area (Å²) in [6.45, 7) is 4.62. The number of unbranched alkanes of at least 4 members (excludes halogenated alkanes) is 13. The topological polar surface area (TPSA) is 49.3 Å². The predicted octanol–water partition coefficient (Wildman–Crippen LogP) is 8.23. The van der Waals surface area contributed by atoms with Gasteiger partial charge in [0.05, 0.1) is 5.56 Å². The lowest BCUT2D eigenvalue weighted by molar-refractivity contribution is 0.0697. The van der Waals surface area contributed by atoms with Gasteiger partial charge in [0.15, 0.2) is 0 Å². The number of anilines is 1. The lowest BCUT2D eigenvalue weighted by Gasteiger charge is -2.20. The largest absolute Gasteiger partial charge is 0.478 e. The van der Waals surface area contributed by atoms with Gasteiger partial charge in [0.2, 0.25) is 0 Å². The van der Waals surface area contributed by atoms with Crippen LogP contribution in [0.25, 0.3) is 0 Å². The van der Waals surface area contributed by atoms with Crippen molar-refractivity contribution in [1.29, 1.82) is 0 Å². The van der Waals surface area contributed by atoms with Crippen molar-refractivity contribution >= 4 is 11.7 Å². The summed E-state index contributed by atoms with van der Waals surface area (Å²) >= 11 is 0. The zero-order chi connectivity index (χ0) is 21.6. The first-order valence-electron chi connectivity index (χ1n) is 12.7. The molecule has 0 aliphatic carbocycles. The van der Waals surface area contributed by atoms with Crippen LogP contribution in [0.4, 0.5) is 5.69 Å². The van der Waals surface area contributed by atoms with Gasteiger partial charge in [-0.3, -0.25) is 0 Å². The summed E-state index contributed by atoms with van der Waals surface area (Å²) in [6.07, 6.45) is 21.9.